The average molecular weight is 286 g/mol. The van der Waals surface area contributed by atoms with Gasteiger partial charge in [0, 0.05) is 0 Å². The van der Waals surface area contributed by atoms with Crippen LogP contribution in [-0.4, -0.2) is 21.9 Å². The Kier molecular flexibility index (Phi) is 2.15. The summed E-state index contributed by atoms with van der Waals surface area (Å²) in [4.78, 5) is 19.0. The van der Waals surface area contributed by atoms with E-state index < -0.39 is 0 Å². The van der Waals surface area contributed by atoms with Gasteiger partial charge in [-0.25, -0.2) is 4.99 Å². The summed E-state index contributed by atoms with van der Waals surface area (Å²) in [7, 11) is 0. The SMILES string of the molecule is CC1=CC=C2C(=O)N=CN=C2C1I. The average Bonchev–Trinajstić information content (AvgIpc) is 2.12. The van der Waals surface area contributed by atoms with Crippen molar-refractivity contribution in [3.8, 4) is 0 Å². The third-order valence-electron chi connectivity index (χ3n) is 2.03. The lowest BCUT2D eigenvalue weighted by Gasteiger charge is -2.19. The maximum absolute atomic E-state index is 11.3. The van der Waals surface area contributed by atoms with Gasteiger partial charge in [0.2, 0.25) is 0 Å². The maximum atomic E-state index is 11.3. The lowest BCUT2D eigenvalue weighted by atomic mass is 9.96. The van der Waals surface area contributed by atoms with Gasteiger partial charge in [-0.2, -0.15) is 4.99 Å². The first-order valence-electron chi connectivity index (χ1n) is 3.87. The van der Waals surface area contributed by atoms with Crippen LogP contribution in [-0.2, 0) is 4.79 Å². The molecule has 1 aliphatic heterocycles. The van der Waals surface area contributed by atoms with Crippen LogP contribution in [0, 0.1) is 0 Å². The highest BCUT2D eigenvalue weighted by atomic mass is 127. The molecule has 1 unspecified atom stereocenters. The van der Waals surface area contributed by atoms with Gasteiger partial charge in [0.1, 0.15) is 6.34 Å². The van der Waals surface area contributed by atoms with E-state index >= 15 is 0 Å². The summed E-state index contributed by atoms with van der Waals surface area (Å²) < 4.78 is 0.202. The highest BCUT2D eigenvalue weighted by Gasteiger charge is 2.27. The standard InChI is InChI=1S/C9H7IN2O/c1-5-2-3-6-8(7(5)10)11-4-12-9(6)13/h2-4,7H,1H3. The van der Waals surface area contributed by atoms with E-state index in [0.717, 1.165) is 5.71 Å². The Morgan fingerprint density at radius 1 is 1.46 bits per heavy atom. The van der Waals surface area contributed by atoms with Crippen LogP contribution in [0.4, 0.5) is 0 Å². The Hall–Kier alpha value is -0.780. The Balaban J connectivity index is 2.52. The number of carbonyl (C=O) groups excluding carboxylic acids is 1. The molecule has 0 N–H and O–H groups in total. The molecule has 2 aliphatic rings. The van der Waals surface area contributed by atoms with Crippen molar-refractivity contribution >= 4 is 40.5 Å². The number of allylic oxidation sites excluding steroid dienone is 3. The Morgan fingerprint density at radius 2 is 2.23 bits per heavy atom. The molecule has 1 atom stereocenters. The fourth-order valence-corrected chi connectivity index (χ4v) is 1.97. The summed E-state index contributed by atoms with van der Waals surface area (Å²) in [5, 5.41) is 0. The molecule has 0 saturated heterocycles. The number of alkyl halides is 1. The molecular weight excluding hydrogens is 279 g/mol. The number of halogens is 1. The molecule has 0 radical (unpaired) electrons. The highest BCUT2D eigenvalue weighted by Crippen LogP contribution is 2.25. The molecule has 4 heteroatoms. The van der Waals surface area contributed by atoms with Crippen LogP contribution in [0.2, 0.25) is 0 Å². The van der Waals surface area contributed by atoms with Crippen molar-refractivity contribution in [2.24, 2.45) is 9.98 Å². The van der Waals surface area contributed by atoms with Crippen molar-refractivity contribution < 1.29 is 4.79 Å². The van der Waals surface area contributed by atoms with E-state index in [1.54, 1.807) is 6.08 Å². The summed E-state index contributed by atoms with van der Waals surface area (Å²) in [5.41, 5.74) is 2.68. The molecule has 1 aliphatic carbocycles. The van der Waals surface area contributed by atoms with E-state index in [2.05, 4.69) is 32.6 Å². The lowest BCUT2D eigenvalue weighted by Crippen LogP contribution is -2.26. The molecule has 1 heterocycles. The smallest absolute Gasteiger partial charge is 0.267 e. The predicted molar refractivity (Wildman–Crippen MR) is 60.6 cm³/mol. The third-order valence-corrected chi connectivity index (χ3v) is 3.60. The first kappa shape index (κ1) is 8.80. The van der Waals surface area contributed by atoms with Gasteiger partial charge in [0.05, 0.1) is 15.2 Å². The normalized spacial score (nSPS) is 26.2. The van der Waals surface area contributed by atoms with Crippen LogP contribution in [0.1, 0.15) is 6.92 Å². The quantitative estimate of drug-likeness (QED) is 0.493. The van der Waals surface area contributed by atoms with E-state index in [0.29, 0.717) is 5.57 Å². The zero-order chi connectivity index (χ0) is 9.42. The number of hydrogen-bond donors (Lipinski definition) is 0. The molecule has 0 fully saturated rings. The van der Waals surface area contributed by atoms with Crippen LogP contribution in [0.5, 0.6) is 0 Å². The van der Waals surface area contributed by atoms with Crippen LogP contribution in [0.25, 0.3) is 0 Å². The zero-order valence-electron chi connectivity index (χ0n) is 6.99. The summed E-state index contributed by atoms with van der Waals surface area (Å²) in [6.45, 7) is 2.03. The lowest BCUT2D eigenvalue weighted by molar-refractivity contribution is -0.113. The fraction of sp³-hybridized carbons (Fsp3) is 0.222. The van der Waals surface area contributed by atoms with E-state index in [9.17, 15) is 4.79 Å². The van der Waals surface area contributed by atoms with Gasteiger partial charge in [0.25, 0.3) is 5.91 Å². The second kappa shape index (κ2) is 3.17. The van der Waals surface area contributed by atoms with Crippen molar-refractivity contribution in [3.05, 3.63) is 23.3 Å². The van der Waals surface area contributed by atoms with Crippen LogP contribution < -0.4 is 0 Å². The number of aliphatic imine (C=N–C) groups is 2. The molecule has 66 valence electrons. The number of carbonyl (C=O) groups is 1. The second-order valence-electron chi connectivity index (χ2n) is 2.92. The predicted octanol–water partition coefficient (Wildman–Crippen LogP) is 1.69. The molecule has 2 rings (SSSR count). The molecule has 13 heavy (non-hydrogen) atoms. The molecule has 0 aromatic carbocycles. The van der Waals surface area contributed by atoms with Crippen molar-refractivity contribution in [2.75, 3.05) is 0 Å². The molecule has 0 spiro atoms. The van der Waals surface area contributed by atoms with Crippen LogP contribution in [0.15, 0.2) is 33.3 Å². The van der Waals surface area contributed by atoms with Crippen molar-refractivity contribution in [1.29, 1.82) is 0 Å². The molecular formula is C9H7IN2O. The number of hydrogen-bond acceptors (Lipinski definition) is 2. The Labute approximate surface area is 89.5 Å². The van der Waals surface area contributed by atoms with Crippen molar-refractivity contribution in [2.45, 2.75) is 10.8 Å². The summed E-state index contributed by atoms with van der Waals surface area (Å²) in [5.74, 6) is -0.185. The fourth-order valence-electron chi connectivity index (χ4n) is 1.27. The van der Waals surface area contributed by atoms with Gasteiger partial charge < -0.3 is 0 Å². The highest BCUT2D eigenvalue weighted by molar-refractivity contribution is 14.1. The Bertz CT molecular complexity index is 390. The molecule has 3 nitrogen and oxygen atoms in total. The number of nitrogens with zero attached hydrogens (tertiary/aromatic N) is 2. The van der Waals surface area contributed by atoms with Crippen molar-refractivity contribution in [3.63, 3.8) is 0 Å². The summed E-state index contributed by atoms with van der Waals surface area (Å²) in [6.07, 6.45) is 5.08. The zero-order valence-corrected chi connectivity index (χ0v) is 9.15. The van der Waals surface area contributed by atoms with E-state index in [1.165, 1.54) is 11.9 Å². The minimum absolute atomic E-state index is 0.185. The van der Waals surface area contributed by atoms with Gasteiger partial charge in [-0.1, -0.05) is 34.2 Å². The van der Waals surface area contributed by atoms with Crippen molar-refractivity contribution in [1.82, 2.24) is 0 Å². The minimum atomic E-state index is -0.185. The van der Waals surface area contributed by atoms with E-state index in [1.807, 2.05) is 13.0 Å². The number of amides is 1. The molecule has 0 bridgehead atoms. The second-order valence-corrected chi connectivity index (χ2v) is 4.16. The van der Waals surface area contributed by atoms with E-state index in [4.69, 9.17) is 0 Å². The van der Waals surface area contributed by atoms with Gasteiger partial charge in [-0.15, -0.1) is 0 Å². The maximum Gasteiger partial charge on any atom is 0.280 e. The molecule has 0 saturated carbocycles. The van der Waals surface area contributed by atoms with Gasteiger partial charge in [-0.3, -0.25) is 4.79 Å². The topological polar surface area (TPSA) is 41.8 Å². The molecule has 0 aromatic heterocycles. The summed E-state index contributed by atoms with van der Waals surface area (Å²) >= 11 is 2.27. The Morgan fingerprint density at radius 3 is 3.00 bits per heavy atom. The number of fused-ring (bicyclic) bond motifs is 1. The number of rotatable bonds is 0. The monoisotopic (exact) mass is 286 g/mol. The largest absolute Gasteiger partial charge is 0.280 e. The molecule has 1 amide bonds. The van der Waals surface area contributed by atoms with Gasteiger partial charge >= 0.3 is 0 Å². The van der Waals surface area contributed by atoms with E-state index in [-0.39, 0.29) is 9.83 Å². The molecule has 0 aromatic rings. The minimum Gasteiger partial charge on any atom is -0.267 e. The van der Waals surface area contributed by atoms with Crippen LogP contribution >= 0.6 is 22.6 Å². The first-order chi connectivity index (χ1) is 6.20. The summed E-state index contributed by atoms with van der Waals surface area (Å²) in [6, 6.07) is 0. The first-order valence-corrected chi connectivity index (χ1v) is 5.12. The van der Waals surface area contributed by atoms with Gasteiger partial charge in [-0.05, 0) is 13.0 Å². The van der Waals surface area contributed by atoms with Gasteiger partial charge in [0.15, 0.2) is 0 Å². The third kappa shape index (κ3) is 1.39. The van der Waals surface area contributed by atoms with Crippen LogP contribution in [0.3, 0.4) is 0 Å².